The van der Waals surface area contributed by atoms with E-state index in [1.807, 2.05) is 18.2 Å². The summed E-state index contributed by atoms with van der Waals surface area (Å²) in [5.74, 6) is 2.19. The average molecular weight is 423 g/mol. The minimum atomic E-state index is -0.0462. The quantitative estimate of drug-likeness (QED) is 0.584. The van der Waals surface area contributed by atoms with Crippen LogP contribution in [0.2, 0.25) is 0 Å². The molecular weight excluding hydrogens is 388 g/mol. The first kappa shape index (κ1) is 23.6. The van der Waals surface area contributed by atoms with E-state index in [2.05, 4.69) is 27.7 Å². The van der Waals surface area contributed by atoms with Crippen LogP contribution in [0.4, 0.5) is 0 Å². The number of hydrogen-bond acceptors (Lipinski definition) is 4. The van der Waals surface area contributed by atoms with Crippen LogP contribution >= 0.6 is 12.4 Å². The molecule has 2 aromatic rings. The summed E-state index contributed by atoms with van der Waals surface area (Å²) in [6, 6.07) is 5.71. The summed E-state index contributed by atoms with van der Waals surface area (Å²) in [7, 11) is 0. The van der Waals surface area contributed by atoms with Gasteiger partial charge in [-0.1, -0.05) is 34.1 Å². The van der Waals surface area contributed by atoms with Crippen molar-refractivity contribution in [2.45, 2.75) is 66.5 Å². The molecule has 1 aromatic carbocycles. The molecule has 1 aliphatic carbocycles. The molecule has 0 amide bonds. The minimum absolute atomic E-state index is 0. The van der Waals surface area contributed by atoms with Gasteiger partial charge in [-0.25, -0.2) is 0 Å². The number of halogens is 1. The lowest BCUT2D eigenvalue weighted by atomic mass is 9.96. The second-order valence-electron chi connectivity index (χ2n) is 9.10. The molecular formula is C23H35ClN2O3. The lowest BCUT2D eigenvalue weighted by Gasteiger charge is -2.25. The molecule has 29 heavy (non-hydrogen) atoms. The predicted octanol–water partition coefficient (Wildman–Crippen LogP) is 4.90. The molecule has 0 spiro atoms. The number of hydrogen-bond donors (Lipinski definition) is 1. The van der Waals surface area contributed by atoms with Crippen molar-refractivity contribution in [3.63, 3.8) is 0 Å². The highest BCUT2D eigenvalue weighted by atomic mass is 35.5. The summed E-state index contributed by atoms with van der Waals surface area (Å²) >= 11 is 0. The van der Waals surface area contributed by atoms with E-state index < -0.39 is 0 Å². The topological polar surface area (TPSA) is 66.5 Å². The number of unbranched alkanes of at least 4 members (excludes halogenated alkanes) is 1. The van der Waals surface area contributed by atoms with Crippen LogP contribution in [0.1, 0.15) is 59.1 Å². The van der Waals surface area contributed by atoms with E-state index >= 15 is 0 Å². The Labute approximate surface area is 180 Å². The highest BCUT2D eigenvalue weighted by Gasteiger charge is 2.23. The van der Waals surface area contributed by atoms with Gasteiger partial charge in [-0.05, 0) is 48.8 Å². The summed E-state index contributed by atoms with van der Waals surface area (Å²) in [6.45, 7) is 10.7. The van der Waals surface area contributed by atoms with Crippen LogP contribution < -0.4 is 20.8 Å². The molecule has 0 unspecified atom stereocenters. The monoisotopic (exact) mass is 422 g/mol. The van der Waals surface area contributed by atoms with Gasteiger partial charge < -0.3 is 19.8 Å². The number of pyridine rings is 1. The summed E-state index contributed by atoms with van der Waals surface area (Å²) < 4.78 is 13.9. The van der Waals surface area contributed by atoms with Crippen molar-refractivity contribution >= 4 is 23.2 Å². The summed E-state index contributed by atoms with van der Waals surface area (Å²) in [5, 5.41) is 1.46. The summed E-state index contributed by atoms with van der Waals surface area (Å²) in [6.07, 6.45) is 4.50. The van der Waals surface area contributed by atoms with Gasteiger partial charge in [-0.3, -0.25) is 4.79 Å². The van der Waals surface area contributed by atoms with Crippen LogP contribution in [0.25, 0.3) is 10.8 Å². The lowest BCUT2D eigenvalue weighted by molar-refractivity contribution is 0.293. The molecule has 0 atom stereocenters. The van der Waals surface area contributed by atoms with E-state index in [9.17, 15) is 4.79 Å². The molecule has 0 aliphatic heterocycles. The Hall–Kier alpha value is -1.72. The third-order valence-electron chi connectivity index (χ3n) is 5.05. The zero-order valence-electron chi connectivity index (χ0n) is 18.1. The second kappa shape index (κ2) is 9.86. The van der Waals surface area contributed by atoms with Crippen molar-refractivity contribution in [1.29, 1.82) is 0 Å². The smallest absolute Gasteiger partial charge is 0.258 e. The zero-order valence-corrected chi connectivity index (χ0v) is 18.9. The van der Waals surface area contributed by atoms with E-state index in [4.69, 9.17) is 15.2 Å². The first-order valence-corrected chi connectivity index (χ1v) is 10.5. The van der Waals surface area contributed by atoms with Gasteiger partial charge in [0.05, 0.1) is 24.3 Å². The van der Waals surface area contributed by atoms with E-state index in [0.29, 0.717) is 24.5 Å². The van der Waals surface area contributed by atoms with Crippen LogP contribution in [0.5, 0.6) is 11.5 Å². The fraction of sp³-hybridized carbons (Fsp3) is 0.609. The van der Waals surface area contributed by atoms with Crippen molar-refractivity contribution in [1.82, 2.24) is 4.57 Å². The molecule has 1 fully saturated rings. The first-order valence-electron chi connectivity index (χ1n) is 10.5. The maximum Gasteiger partial charge on any atom is 0.258 e. The number of nitrogens with zero attached hydrogens (tertiary/aromatic N) is 1. The van der Waals surface area contributed by atoms with Gasteiger partial charge in [-0.15, -0.1) is 12.4 Å². The van der Waals surface area contributed by atoms with Crippen molar-refractivity contribution in [3.05, 3.63) is 34.2 Å². The standard InChI is InChI=1S/C23H34N2O3.ClH/c1-5-6-11-27-21-19-12-17(28-14-16-7-8-16)9-10-18(19)22(26)25(20(21)13-24)15-23(2,3)4;/h9-10,12,16H,5-8,11,13-15,24H2,1-4H3;1H. The largest absolute Gasteiger partial charge is 0.493 e. The molecule has 6 heteroatoms. The van der Waals surface area contributed by atoms with E-state index in [1.54, 1.807) is 4.57 Å². The van der Waals surface area contributed by atoms with Crippen LogP contribution in [-0.4, -0.2) is 17.8 Å². The van der Waals surface area contributed by atoms with Gasteiger partial charge in [0.1, 0.15) is 11.5 Å². The second-order valence-corrected chi connectivity index (χ2v) is 9.10. The minimum Gasteiger partial charge on any atom is -0.493 e. The Morgan fingerprint density at radius 3 is 2.48 bits per heavy atom. The molecule has 3 rings (SSSR count). The van der Waals surface area contributed by atoms with Crippen molar-refractivity contribution in [2.24, 2.45) is 17.1 Å². The number of fused-ring (bicyclic) bond motifs is 1. The van der Waals surface area contributed by atoms with Gasteiger partial charge in [0.25, 0.3) is 5.56 Å². The molecule has 2 N–H and O–H groups in total. The van der Waals surface area contributed by atoms with Crippen LogP contribution in [-0.2, 0) is 13.1 Å². The highest BCUT2D eigenvalue weighted by molar-refractivity contribution is 5.89. The summed E-state index contributed by atoms with van der Waals surface area (Å²) in [4.78, 5) is 13.3. The molecule has 1 aromatic heterocycles. The Balaban J connectivity index is 0.00000300. The van der Waals surface area contributed by atoms with Crippen molar-refractivity contribution in [2.75, 3.05) is 13.2 Å². The molecule has 1 aliphatic rings. The average Bonchev–Trinajstić information content (AvgIpc) is 3.47. The lowest BCUT2D eigenvalue weighted by Crippen LogP contribution is -2.31. The Morgan fingerprint density at radius 2 is 1.90 bits per heavy atom. The van der Waals surface area contributed by atoms with E-state index in [0.717, 1.165) is 42.0 Å². The van der Waals surface area contributed by atoms with Crippen molar-refractivity contribution < 1.29 is 9.47 Å². The van der Waals surface area contributed by atoms with E-state index in [1.165, 1.54) is 12.8 Å². The SMILES string of the molecule is CCCCOc1c(CN)n(CC(C)(C)C)c(=O)c2ccc(OCC3CC3)cc12.Cl. The van der Waals surface area contributed by atoms with Gasteiger partial charge in [0.15, 0.2) is 0 Å². The Kier molecular flexibility index (Phi) is 8.01. The van der Waals surface area contributed by atoms with Gasteiger partial charge in [0, 0.05) is 18.5 Å². The molecule has 1 saturated carbocycles. The Bertz CT molecular complexity index is 882. The number of benzene rings is 1. The Morgan fingerprint density at radius 1 is 1.17 bits per heavy atom. The predicted molar refractivity (Wildman–Crippen MR) is 121 cm³/mol. The molecule has 162 valence electrons. The number of rotatable bonds is 9. The normalized spacial score (nSPS) is 14.0. The number of aromatic nitrogens is 1. The molecule has 5 nitrogen and oxygen atoms in total. The maximum absolute atomic E-state index is 13.3. The van der Waals surface area contributed by atoms with Crippen LogP contribution in [0.15, 0.2) is 23.0 Å². The van der Waals surface area contributed by atoms with Crippen molar-refractivity contribution in [3.8, 4) is 11.5 Å². The first-order chi connectivity index (χ1) is 13.3. The maximum atomic E-state index is 13.3. The van der Waals surface area contributed by atoms with Gasteiger partial charge in [-0.2, -0.15) is 0 Å². The summed E-state index contributed by atoms with van der Waals surface area (Å²) in [5.41, 5.74) is 6.82. The highest BCUT2D eigenvalue weighted by Crippen LogP contribution is 2.34. The van der Waals surface area contributed by atoms with Crippen LogP contribution in [0.3, 0.4) is 0 Å². The van der Waals surface area contributed by atoms with Gasteiger partial charge in [0.2, 0.25) is 0 Å². The van der Waals surface area contributed by atoms with Gasteiger partial charge >= 0.3 is 0 Å². The number of ether oxygens (including phenoxy) is 2. The molecule has 1 heterocycles. The zero-order chi connectivity index (χ0) is 20.3. The molecule has 0 radical (unpaired) electrons. The van der Waals surface area contributed by atoms with Crippen LogP contribution in [0, 0.1) is 11.3 Å². The third kappa shape index (κ3) is 5.89. The fourth-order valence-electron chi connectivity index (χ4n) is 3.36. The fourth-order valence-corrected chi connectivity index (χ4v) is 3.36. The van der Waals surface area contributed by atoms with E-state index in [-0.39, 0.29) is 29.9 Å². The molecule has 0 bridgehead atoms. The number of nitrogens with two attached hydrogens (primary N) is 1. The third-order valence-corrected chi connectivity index (χ3v) is 5.05. The molecule has 0 saturated heterocycles.